The molecular formula is C12H18FN7O5S2. The van der Waals surface area contributed by atoms with Crippen LogP contribution in [0.1, 0.15) is 12.8 Å². The summed E-state index contributed by atoms with van der Waals surface area (Å²) in [7, 11) is -1.67. The van der Waals surface area contributed by atoms with Crippen molar-refractivity contribution in [2.75, 3.05) is 38.2 Å². The molecule has 3 heterocycles. The van der Waals surface area contributed by atoms with E-state index in [4.69, 9.17) is 9.47 Å². The molecule has 15 heteroatoms. The highest BCUT2D eigenvalue weighted by Crippen LogP contribution is 2.41. The number of carbonyl (C=O) groups is 1. The van der Waals surface area contributed by atoms with Crippen LogP contribution in [-0.4, -0.2) is 72.0 Å². The molecule has 0 saturated carbocycles. The number of ether oxygens (including phenoxy) is 2. The molecule has 0 spiro atoms. The molecule has 2 fully saturated rings. The number of amides is 2. The molecule has 2 saturated heterocycles. The predicted octanol–water partition coefficient (Wildman–Crippen LogP) is -0.380. The Bertz CT molecular complexity index is 798. The van der Waals surface area contributed by atoms with Crippen LogP contribution < -0.4 is 24.5 Å². The lowest BCUT2D eigenvalue weighted by molar-refractivity contribution is 0.210. The van der Waals surface area contributed by atoms with Gasteiger partial charge in [0, 0.05) is 12.3 Å². The van der Waals surface area contributed by atoms with Crippen molar-refractivity contribution in [3.63, 3.8) is 0 Å². The highest BCUT2D eigenvalue weighted by Gasteiger charge is 2.57. The van der Waals surface area contributed by atoms with E-state index in [-0.39, 0.29) is 30.8 Å². The average molecular weight is 423 g/mol. The first-order chi connectivity index (χ1) is 12.9. The Balaban J connectivity index is 2.11. The van der Waals surface area contributed by atoms with Crippen LogP contribution in [0.25, 0.3) is 0 Å². The van der Waals surface area contributed by atoms with E-state index < -0.39 is 27.9 Å². The number of nitrogens with one attached hydrogen (secondary N) is 2. The van der Waals surface area contributed by atoms with Gasteiger partial charge in [-0.1, -0.05) is 4.41 Å². The lowest BCUT2D eigenvalue weighted by Gasteiger charge is -2.38. The second kappa shape index (κ2) is 7.57. The number of aromatic nitrogens is 3. The number of carbonyl (C=O) groups excluding carboxylic acids is 1. The van der Waals surface area contributed by atoms with Gasteiger partial charge in [-0.2, -0.15) is 23.4 Å². The van der Waals surface area contributed by atoms with Crippen LogP contribution >= 0.6 is 11.8 Å². The molecule has 0 radical (unpaired) electrons. The predicted molar refractivity (Wildman–Crippen MR) is 93.1 cm³/mol. The average Bonchev–Trinajstić information content (AvgIpc) is 3.21. The molecule has 1 aromatic rings. The molecule has 2 aliphatic heterocycles. The van der Waals surface area contributed by atoms with Crippen LogP contribution in [-0.2, 0) is 10.2 Å². The van der Waals surface area contributed by atoms with Gasteiger partial charge in [0.1, 0.15) is 0 Å². The monoisotopic (exact) mass is 423 g/mol. The molecule has 1 aromatic heterocycles. The summed E-state index contributed by atoms with van der Waals surface area (Å²) in [5, 5.41) is 3.81. The number of hydrogen-bond donors (Lipinski definition) is 2. The van der Waals surface area contributed by atoms with Crippen molar-refractivity contribution in [3.05, 3.63) is 0 Å². The van der Waals surface area contributed by atoms with E-state index in [1.807, 2.05) is 4.72 Å². The number of methoxy groups -OCH3 is 2. The molecule has 27 heavy (non-hydrogen) atoms. The van der Waals surface area contributed by atoms with Crippen molar-refractivity contribution in [2.24, 2.45) is 0 Å². The molecule has 1 unspecified atom stereocenters. The highest BCUT2D eigenvalue weighted by molar-refractivity contribution is 8.01. The summed E-state index contributed by atoms with van der Waals surface area (Å²) in [5.41, 5.74) is 0. The summed E-state index contributed by atoms with van der Waals surface area (Å²) in [4.78, 5) is 22.9. The number of urea groups is 1. The van der Waals surface area contributed by atoms with Crippen LogP contribution in [0.3, 0.4) is 0 Å². The smallest absolute Gasteiger partial charge is 0.355 e. The quantitative estimate of drug-likeness (QED) is 0.596. The van der Waals surface area contributed by atoms with Gasteiger partial charge in [0.25, 0.3) is 5.95 Å². The fourth-order valence-corrected chi connectivity index (χ4v) is 5.70. The van der Waals surface area contributed by atoms with E-state index in [0.29, 0.717) is 12.3 Å². The van der Waals surface area contributed by atoms with Crippen LogP contribution in [0.2, 0.25) is 0 Å². The second-order valence-electron chi connectivity index (χ2n) is 5.43. The molecule has 2 aliphatic rings. The van der Waals surface area contributed by atoms with Crippen molar-refractivity contribution >= 4 is 34.0 Å². The summed E-state index contributed by atoms with van der Waals surface area (Å²) in [5.74, 6) is 0.260. The van der Waals surface area contributed by atoms with Crippen LogP contribution in [0.4, 0.5) is 15.1 Å². The van der Waals surface area contributed by atoms with Gasteiger partial charge in [0.05, 0.1) is 20.9 Å². The summed E-state index contributed by atoms with van der Waals surface area (Å²) >= 11 is 1.25. The Kier molecular flexibility index (Phi) is 5.55. The summed E-state index contributed by atoms with van der Waals surface area (Å²) in [6, 6.07) is -1.32. The highest BCUT2D eigenvalue weighted by atomic mass is 32.2. The minimum absolute atomic E-state index is 0.0951. The minimum atomic E-state index is -4.27. The zero-order valence-corrected chi connectivity index (χ0v) is 16.1. The number of hydrazine groups is 1. The van der Waals surface area contributed by atoms with E-state index >= 15 is 0 Å². The topological polar surface area (TPSA) is 139 Å². The molecule has 3 rings (SSSR count). The van der Waals surface area contributed by atoms with Crippen molar-refractivity contribution in [1.82, 2.24) is 29.4 Å². The molecule has 1 atom stereocenters. The number of alkyl halides is 1. The van der Waals surface area contributed by atoms with Gasteiger partial charge in [-0.15, -0.1) is 16.7 Å². The summed E-state index contributed by atoms with van der Waals surface area (Å²) < 4.78 is 50.8. The molecular weight excluding hydrogens is 405 g/mol. The summed E-state index contributed by atoms with van der Waals surface area (Å²) in [6.07, 6.45) is 0.218. The van der Waals surface area contributed by atoms with Crippen molar-refractivity contribution in [3.8, 4) is 12.0 Å². The molecule has 2 N–H and O–H groups in total. The first-order valence-electron chi connectivity index (χ1n) is 7.83. The number of hydrogen-bond acceptors (Lipinski definition) is 10. The fraction of sp³-hybridized carbons (Fsp3) is 0.667. The van der Waals surface area contributed by atoms with Gasteiger partial charge in [0.15, 0.2) is 4.99 Å². The van der Waals surface area contributed by atoms with Gasteiger partial charge in [-0.25, -0.2) is 9.52 Å². The number of halogens is 1. The van der Waals surface area contributed by atoms with Crippen molar-refractivity contribution < 1.29 is 27.1 Å². The molecule has 150 valence electrons. The van der Waals surface area contributed by atoms with Gasteiger partial charge >= 0.3 is 28.3 Å². The zero-order valence-electron chi connectivity index (χ0n) is 14.5. The molecule has 0 bridgehead atoms. The minimum Gasteiger partial charge on any atom is -0.467 e. The second-order valence-corrected chi connectivity index (χ2v) is 8.30. The Morgan fingerprint density at radius 1 is 1.26 bits per heavy atom. The molecule has 0 aromatic carbocycles. The Hall–Kier alpha value is -1.97. The van der Waals surface area contributed by atoms with Gasteiger partial charge in [-0.3, -0.25) is 9.71 Å². The molecule has 12 nitrogen and oxygen atoms in total. The zero-order chi connectivity index (χ0) is 19.7. The van der Waals surface area contributed by atoms with E-state index in [0.717, 1.165) is 9.42 Å². The van der Waals surface area contributed by atoms with E-state index in [2.05, 4.69) is 20.3 Å². The van der Waals surface area contributed by atoms with E-state index in [9.17, 15) is 17.6 Å². The maximum absolute atomic E-state index is 12.8. The maximum atomic E-state index is 12.8. The van der Waals surface area contributed by atoms with Crippen molar-refractivity contribution in [2.45, 2.75) is 17.8 Å². The Morgan fingerprint density at radius 3 is 2.44 bits per heavy atom. The van der Waals surface area contributed by atoms with Crippen LogP contribution in [0, 0.1) is 0 Å². The largest absolute Gasteiger partial charge is 0.467 e. The van der Waals surface area contributed by atoms with Crippen LogP contribution in [0.15, 0.2) is 0 Å². The first-order valence-corrected chi connectivity index (χ1v) is 10.3. The van der Waals surface area contributed by atoms with Gasteiger partial charge in [-0.05, 0) is 12.8 Å². The molecule has 0 aliphatic carbocycles. The lowest BCUT2D eigenvalue weighted by atomic mass is 10.2. The SMILES string of the molecule is COc1nc(OC)nc(N2C(=O)NS(=O)(=O)N2C2(CCCF)NCCS2)n1. The third-order valence-electron chi connectivity index (χ3n) is 3.76. The number of rotatable bonds is 7. The summed E-state index contributed by atoms with van der Waals surface area (Å²) in [6.45, 7) is -0.151. The van der Waals surface area contributed by atoms with Gasteiger partial charge < -0.3 is 9.47 Å². The number of thioether (sulfide) groups is 1. The normalized spacial score (nSPS) is 24.9. The van der Waals surface area contributed by atoms with Crippen molar-refractivity contribution in [1.29, 1.82) is 0 Å². The maximum Gasteiger partial charge on any atom is 0.355 e. The number of anilines is 1. The van der Waals surface area contributed by atoms with E-state index in [1.165, 1.54) is 26.0 Å². The van der Waals surface area contributed by atoms with Gasteiger partial charge in [0.2, 0.25) is 0 Å². The van der Waals surface area contributed by atoms with E-state index in [1.54, 1.807) is 0 Å². The third kappa shape index (κ3) is 3.59. The first kappa shape index (κ1) is 19.8. The standard InChI is InChI=1S/C12H18FN7O5S2/c1-24-9-15-8(16-10(17-9)25-2)19-11(21)18-27(22,23)20(19)12(4-3-5-13)14-6-7-26-12/h14H,3-7H2,1-2H3,(H,18,21). The number of nitrogens with zero attached hydrogens (tertiary/aromatic N) is 5. The third-order valence-corrected chi connectivity index (χ3v) is 6.64. The van der Waals surface area contributed by atoms with Crippen LogP contribution in [0.5, 0.6) is 12.0 Å². The fourth-order valence-electron chi connectivity index (χ4n) is 2.72. The Morgan fingerprint density at radius 2 is 1.93 bits per heavy atom. The Labute approximate surface area is 159 Å². The molecule has 2 amide bonds. The lowest BCUT2D eigenvalue weighted by Crippen LogP contribution is -2.60.